The molecule has 4 heteroatoms. The van der Waals surface area contributed by atoms with E-state index in [0.717, 1.165) is 32.8 Å². The summed E-state index contributed by atoms with van der Waals surface area (Å²) in [4.78, 5) is 0. The van der Waals surface area contributed by atoms with Crippen molar-refractivity contribution in [3.8, 4) is 11.5 Å². The highest BCUT2D eigenvalue weighted by Crippen LogP contribution is 2.30. The van der Waals surface area contributed by atoms with Gasteiger partial charge in [0.1, 0.15) is 6.61 Å². The lowest BCUT2D eigenvalue weighted by Gasteiger charge is -2.12. The molecule has 2 rings (SSSR count). The van der Waals surface area contributed by atoms with Crippen LogP contribution in [0.2, 0.25) is 5.02 Å². The number of methoxy groups -OCH3 is 1. The molecular formula is C16H16BrClO2. The zero-order valence-electron chi connectivity index (χ0n) is 11.5. The highest BCUT2D eigenvalue weighted by atomic mass is 79.9. The maximum absolute atomic E-state index is 6.20. The summed E-state index contributed by atoms with van der Waals surface area (Å²) < 4.78 is 11.2. The van der Waals surface area contributed by atoms with Gasteiger partial charge < -0.3 is 9.47 Å². The Morgan fingerprint density at radius 1 is 1.10 bits per heavy atom. The zero-order chi connectivity index (χ0) is 14.5. The van der Waals surface area contributed by atoms with Crippen molar-refractivity contribution in [3.63, 3.8) is 0 Å². The standard InChI is InChI=1S/C16H16BrClO2/c1-11-3-5-13(14(18)7-11)10-20-15-6-4-12(9-17)8-16(15)19-2/h3-8H,9-10H2,1-2H3. The van der Waals surface area contributed by atoms with Gasteiger partial charge in [-0.3, -0.25) is 0 Å². The molecule has 2 nitrogen and oxygen atoms in total. The van der Waals surface area contributed by atoms with Gasteiger partial charge in [-0.1, -0.05) is 45.7 Å². The molecular weight excluding hydrogens is 340 g/mol. The molecule has 0 fully saturated rings. The maximum atomic E-state index is 6.20. The summed E-state index contributed by atoms with van der Waals surface area (Å²) in [6.07, 6.45) is 0. The summed E-state index contributed by atoms with van der Waals surface area (Å²) in [5, 5.41) is 1.51. The Kier molecular flexibility index (Phi) is 5.32. The summed E-state index contributed by atoms with van der Waals surface area (Å²) in [5.41, 5.74) is 3.24. The Hall–Kier alpha value is -1.19. The van der Waals surface area contributed by atoms with Crippen LogP contribution in [0, 0.1) is 6.92 Å². The van der Waals surface area contributed by atoms with Crippen LogP contribution in [0.3, 0.4) is 0 Å². The van der Waals surface area contributed by atoms with Crippen molar-refractivity contribution in [2.75, 3.05) is 7.11 Å². The molecule has 0 N–H and O–H groups in total. The molecule has 0 aliphatic rings. The monoisotopic (exact) mass is 354 g/mol. The minimum atomic E-state index is 0.420. The van der Waals surface area contributed by atoms with Gasteiger partial charge in [-0.05, 0) is 36.2 Å². The summed E-state index contributed by atoms with van der Waals surface area (Å²) in [7, 11) is 1.64. The fourth-order valence-electron chi connectivity index (χ4n) is 1.84. The number of hydrogen-bond acceptors (Lipinski definition) is 2. The first-order valence-corrected chi connectivity index (χ1v) is 7.74. The third-order valence-corrected chi connectivity index (χ3v) is 3.97. The van der Waals surface area contributed by atoms with Gasteiger partial charge in [0, 0.05) is 15.9 Å². The predicted octanol–water partition coefficient (Wildman–Crippen LogP) is 5.13. The number of halogens is 2. The van der Waals surface area contributed by atoms with Gasteiger partial charge in [0.2, 0.25) is 0 Å². The maximum Gasteiger partial charge on any atom is 0.161 e. The van der Waals surface area contributed by atoms with E-state index < -0.39 is 0 Å². The summed E-state index contributed by atoms with van der Waals surface area (Å²) in [6.45, 7) is 2.43. The SMILES string of the molecule is COc1cc(CBr)ccc1OCc1ccc(C)cc1Cl. The van der Waals surface area contributed by atoms with Gasteiger partial charge in [-0.25, -0.2) is 0 Å². The molecule has 0 atom stereocenters. The van der Waals surface area contributed by atoms with Crippen LogP contribution in [0.25, 0.3) is 0 Å². The smallest absolute Gasteiger partial charge is 0.161 e. The Morgan fingerprint density at radius 2 is 1.90 bits per heavy atom. The summed E-state index contributed by atoms with van der Waals surface area (Å²) in [5.74, 6) is 1.44. The van der Waals surface area contributed by atoms with Crippen molar-refractivity contribution in [2.45, 2.75) is 18.9 Å². The fourth-order valence-corrected chi connectivity index (χ4v) is 2.48. The van der Waals surface area contributed by atoms with Crippen molar-refractivity contribution in [1.82, 2.24) is 0 Å². The molecule has 0 amide bonds. The Balaban J connectivity index is 2.14. The minimum Gasteiger partial charge on any atom is -0.493 e. The van der Waals surface area contributed by atoms with Crippen molar-refractivity contribution in [3.05, 3.63) is 58.1 Å². The number of benzene rings is 2. The molecule has 0 heterocycles. The number of hydrogen-bond donors (Lipinski definition) is 0. The Labute approximate surface area is 132 Å². The zero-order valence-corrected chi connectivity index (χ0v) is 13.8. The first kappa shape index (κ1) is 15.2. The quantitative estimate of drug-likeness (QED) is 0.692. The van der Waals surface area contributed by atoms with Gasteiger partial charge in [0.25, 0.3) is 0 Å². The number of aryl methyl sites for hydroxylation is 1. The van der Waals surface area contributed by atoms with E-state index >= 15 is 0 Å². The molecule has 0 saturated carbocycles. The summed E-state index contributed by atoms with van der Waals surface area (Å²) in [6, 6.07) is 11.8. The third-order valence-electron chi connectivity index (χ3n) is 2.97. The second-order valence-electron chi connectivity index (χ2n) is 4.50. The van der Waals surface area contributed by atoms with Crippen LogP contribution >= 0.6 is 27.5 Å². The van der Waals surface area contributed by atoms with E-state index in [1.54, 1.807) is 7.11 Å². The Morgan fingerprint density at radius 3 is 2.55 bits per heavy atom. The normalized spacial score (nSPS) is 10.4. The largest absolute Gasteiger partial charge is 0.493 e. The number of ether oxygens (including phenoxy) is 2. The first-order valence-electron chi connectivity index (χ1n) is 6.24. The van der Waals surface area contributed by atoms with Gasteiger partial charge in [-0.2, -0.15) is 0 Å². The van der Waals surface area contributed by atoms with Crippen molar-refractivity contribution < 1.29 is 9.47 Å². The van der Waals surface area contributed by atoms with E-state index in [0.29, 0.717) is 12.4 Å². The predicted molar refractivity (Wildman–Crippen MR) is 86.1 cm³/mol. The highest BCUT2D eigenvalue weighted by Gasteiger charge is 2.07. The number of rotatable bonds is 5. The van der Waals surface area contributed by atoms with Crippen LogP contribution in [0.15, 0.2) is 36.4 Å². The molecule has 0 unspecified atom stereocenters. The van der Waals surface area contributed by atoms with Gasteiger partial charge in [-0.15, -0.1) is 0 Å². The van der Waals surface area contributed by atoms with Crippen molar-refractivity contribution >= 4 is 27.5 Å². The van der Waals surface area contributed by atoms with Crippen LogP contribution < -0.4 is 9.47 Å². The first-order chi connectivity index (χ1) is 9.63. The second-order valence-corrected chi connectivity index (χ2v) is 5.47. The third kappa shape index (κ3) is 3.68. The van der Waals surface area contributed by atoms with Crippen LogP contribution in [-0.2, 0) is 11.9 Å². The Bertz CT molecular complexity index is 599. The van der Waals surface area contributed by atoms with E-state index in [1.807, 2.05) is 43.3 Å². The van der Waals surface area contributed by atoms with Gasteiger partial charge in [0.15, 0.2) is 11.5 Å². The van der Waals surface area contributed by atoms with Crippen LogP contribution in [-0.4, -0.2) is 7.11 Å². The topological polar surface area (TPSA) is 18.5 Å². The van der Waals surface area contributed by atoms with Gasteiger partial charge in [0.05, 0.1) is 7.11 Å². The molecule has 0 aliphatic carbocycles. The molecule has 2 aromatic rings. The molecule has 20 heavy (non-hydrogen) atoms. The molecule has 0 aliphatic heterocycles. The molecule has 106 valence electrons. The van der Waals surface area contributed by atoms with Crippen molar-refractivity contribution in [1.29, 1.82) is 0 Å². The fraction of sp³-hybridized carbons (Fsp3) is 0.250. The van der Waals surface area contributed by atoms with E-state index in [-0.39, 0.29) is 0 Å². The molecule has 0 aromatic heterocycles. The molecule has 0 bridgehead atoms. The lowest BCUT2D eigenvalue weighted by Crippen LogP contribution is -1.99. The second kappa shape index (κ2) is 7.00. The van der Waals surface area contributed by atoms with Gasteiger partial charge >= 0.3 is 0 Å². The minimum absolute atomic E-state index is 0.420. The average Bonchev–Trinajstić information content (AvgIpc) is 2.46. The lowest BCUT2D eigenvalue weighted by molar-refractivity contribution is 0.284. The summed E-state index contributed by atoms with van der Waals surface area (Å²) >= 11 is 9.62. The average molecular weight is 356 g/mol. The van der Waals surface area contributed by atoms with Crippen LogP contribution in [0.4, 0.5) is 0 Å². The molecule has 0 radical (unpaired) electrons. The van der Waals surface area contributed by atoms with E-state index in [1.165, 1.54) is 0 Å². The van der Waals surface area contributed by atoms with Crippen LogP contribution in [0.1, 0.15) is 16.7 Å². The van der Waals surface area contributed by atoms with E-state index in [9.17, 15) is 0 Å². The highest BCUT2D eigenvalue weighted by molar-refractivity contribution is 9.08. The molecule has 2 aromatic carbocycles. The molecule has 0 saturated heterocycles. The van der Waals surface area contributed by atoms with E-state index in [2.05, 4.69) is 15.9 Å². The lowest BCUT2D eigenvalue weighted by atomic mass is 10.1. The van der Waals surface area contributed by atoms with Crippen LogP contribution in [0.5, 0.6) is 11.5 Å². The molecule has 0 spiro atoms. The number of alkyl halides is 1. The van der Waals surface area contributed by atoms with E-state index in [4.69, 9.17) is 21.1 Å². The van der Waals surface area contributed by atoms with Crippen molar-refractivity contribution in [2.24, 2.45) is 0 Å².